The summed E-state index contributed by atoms with van der Waals surface area (Å²) in [7, 11) is 0. The van der Waals surface area contributed by atoms with E-state index in [1.807, 2.05) is 29.1 Å². The van der Waals surface area contributed by atoms with E-state index in [1.165, 1.54) is 10.9 Å². The molecule has 96 valence electrons. The smallest absolute Gasteiger partial charge is 0.0741 e. The van der Waals surface area contributed by atoms with Gasteiger partial charge in [0, 0.05) is 5.39 Å². The molecule has 0 saturated heterocycles. The van der Waals surface area contributed by atoms with Crippen molar-refractivity contribution in [2.75, 3.05) is 0 Å². The molecule has 0 aliphatic heterocycles. The third-order valence-electron chi connectivity index (χ3n) is 3.43. The molecule has 0 unspecified atom stereocenters. The van der Waals surface area contributed by atoms with Crippen molar-refractivity contribution < 1.29 is 0 Å². The van der Waals surface area contributed by atoms with E-state index < -0.39 is 0 Å². The van der Waals surface area contributed by atoms with E-state index in [4.69, 9.17) is 0 Å². The Balaban J connectivity index is 2.16. The van der Waals surface area contributed by atoms with Gasteiger partial charge >= 0.3 is 0 Å². The second-order valence-corrected chi connectivity index (χ2v) is 5.92. The highest BCUT2D eigenvalue weighted by Crippen LogP contribution is 2.27. The van der Waals surface area contributed by atoms with Crippen LogP contribution in [0.2, 0.25) is 0 Å². The molecular weight excluding hydrogens is 232 g/mol. The van der Waals surface area contributed by atoms with Crippen molar-refractivity contribution in [1.29, 1.82) is 0 Å². The summed E-state index contributed by atoms with van der Waals surface area (Å²) in [5, 5.41) is 5.70. The molecule has 3 rings (SSSR count). The highest BCUT2D eigenvalue weighted by molar-refractivity contribution is 5.81. The predicted octanol–water partition coefficient (Wildman–Crippen LogP) is 4.32. The molecule has 2 aromatic carbocycles. The van der Waals surface area contributed by atoms with E-state index in [0.29, 0.717) is 0 Å². The van der Waals surface area contributed by atoms with Crippen LogP contribution in [0.15, 0.2) is 54.7 Å². The van der Waals surface area contributed by atoms with E-state index in [1.54, 1.807) is 0 Å². The highest BCUT2D eigenvalue weighted by atomic mass is 15.3. The molecular formula is C17H18N2. The van der Waals surface area contributed by atoms with Crippen LogP contribution in [-0.2, 0) is 5.41 Å². The van der Waals surface area contributed by atoms with Gasteiger partial charge in [0.2, 0.25) is 0 Å². The fourth-order valence-electron chi connectivity index (χ4n) is 2.27. The molecule has 0 spiro atoms. The molecule has 1 aromatic heterocycles. The SMILES string of the molecule is CC(C)(C)c1ccc2c(cnn2-c2ccccc2)c1. The minimum absolute atomic E-state index is 0.170. The zero-order chi connectivity index (χ0) is 13.5. The van der Waals surface area contributed by atoms with Crippen molar-refractivity contribution in [3.05, 3.63) is 60.3 Å². The van der Waals surface area contributed by atoms with Crippen LogP contribution in [0.5, 0.6) is 0 Å². The lowest BCUT2D eigenvalue weighted by Crippen LogP contribution is -2.10. The number of nitrogens with zero attached hydrogens (tertiary/aromatic N) is 2. The van der Waals surface area contributed by atoms with Crippen molar-refractivity contribution in [1.82, 2.24) is 9.78 Å². The Morgan fingerprint density at radius 3 is 2.37 bits per heavy atom. The lowest BCUT2D eigenvalue weighted by molar-refractivity contribution is 0.591. The zero-order valence-corrected chi connectivity index (χ0v) is 11.6. The first-order valence-corrected chi connectivity index (χ1v) is 6.59. The predicted molar refractivity (Wildman–Crippen MR) is 79.8 cm³/mol. The van der Waals surface area contributed by atoms with Gasteiger partial charge in [-0.1, -0.05) is 45.0 Å². The normalized spacial score (nSPS) is 11.9. The molecule has 0 aliphatic rings. The molecule has 2 nitrogen and oxygen atoms in total. The summed E-state index contributed by atoms with van der Waals surface area (Å²) in [6, 6.07) is 16.8. The van der Waals surface area contributed by atoms with E-state index in [0.717, 1.165) is 11.2 Å². The van der Waals surface area contributed by atoms with Crippen LogP contribution in [-0.4, -0.2) is 9.78 Å². The summed E-state index contributed by atoms with van der Waals surface area (Å²) in [5.41, 5.74) is 3.76. The van der Waals surface area contributed by atoms with Crippen LogP contribution in [0.1, 0.15) is 26.3 Å². The van der Waals surface area contributed by atoms with Crippen LogP contribution < -0.4 is 0 Å². The monoisotopic (exact) mass is 250 g/mol. The third kappa shape index (κ3) is 2.14. The summed E-state index contributed by atoms with van der Waals surface area (Å²) in [4.78, 5) is 0. The number of hydrogen-bond acceptors (Lipinski definition) is 1. The molecule has 0 aliphatic carbocycles. The first-order valence-electron chi connectivity index (χ1n) is 6.59. The molecule has 0 N–H and O–H groups in total. The van der Waals surface area contributed by atoms with Gasteiger partial charge in [0.15, 0.2) is 0 Å². The summed E-state index contributed by atoms with van der Waals surface area (Å²) in [6.07, 6.45) is 1.94. The zero-order valence-electron chi connectivity index (χ0n) is 11.6. The standard InChI is InChI=1S/C17H18N2/c1-17(2,3)14-9-10-16-13(11-14)12-18-19(16)15-7-5-4-6-8-15/h4-12H,1-3H3. The number of hydrogen-bond donors (Lipinski definition) is 0. The van der Waals surface area contributed by atoms with Crippen LogP contribution >= 0.6 is 0 Å². The van der Waals surface area contributed by atoms with Crippen molar-refractivity contribution >= 4 is 10.9 Å². The van der Waals surface area contributed by atoms with Gasteiger partial charge in [-0.2, -0.15) is 5.10 Å². The van der Waals surface area contributed by atoms with Crippen LogP contribution in [0.3, 0.4) is 0 Å². The average molecular weight is 250 g/mol. The summed E-state index contributed by atoms with van der Waals surface area (Å²) in [5.74, 6) is 0. The molecule has 0 bridgehead atoms. The van der Waals surface area contributed by atoms with E-state index in [9.17, 15) is 0 Å². The quantitative estimate of drug-likeness (QED) is 0.629. The Bertz CT molecular complexity index is 703. The highest BCUT2D eigenvalue weighted by Gasteiger charge is 2.15. The minimum Gasteiger partial charge on any atom is -0.233 e. The second kappa shape index (κ2) is 4.23. The van der Waals surface area contributed by atoms with Gasteiger partial charge in [-0.15, -0.1) is 0 Å². The summed E-state index contributed by atoms with van der Waals surface area (Å²) in [6.45, 7) is 6.70. The van der Waals surface area contributed by atoms with Crippen molar-refractivity contribution in [2.45, 2.75) is 26.2 Å². The first-order chi connectivity index (χ1) is 9.05. The molecule has 0 saturated carbocycles. The second-order valence-electron chi connectivity index (χ2n) is 5.92. The van der Waals surface area contributed by atoms with Gasteiger partial charge in [0.05, 0.1) is 17.4 Å². The molecule has 0 fully saturated rings. The van der Waals surface area contributed by atoms with Crippen LogP contribution in [0.25, 0.3) is 16.6 Å². The summed E-state index contributed by atoms with van der Waals surface area (Å²) >= 11 is 0. The number of para-hydroxylation sites is 1. The maximum Gasteiger partial charge on any atom is 0.0741 e. The third-order valence-corrected chi connectivity index (χ3v) is 3.43. The maximum atomic E-state index is 4.51. The Labute approximate surface area is 113 Å². The topological polar surface area (TPSA) is 17.8 Å². The van der Waals surface area contributed by atoms with Crippen molar-refractivity contribution in [2.24, 2.45) is 0 Å². The van der Waals surface area contributed by atoms with Gasteiger partial charge in [-0.25, -0.2) is 4.68 Å². The Kier molecular flexibility index (Phi) is 2.67. The van der Waals surface area contributed by atoms with Gasteiger partial charge in [-0.3, -0.25) is 0 Å². The lowest BCUT2D eigenvalue weighted by atomic mass is 9.86. The minimum atomic E-state index is 0.170. The molecule has 0 amide bonds. The molecule has 19 heavy (non-hydrogen) atoms. The summed E-state index contributed by atoms with van der Waals surface area (Å²) < 4.78 is 1.99. The van der Waals surface area contributed by atoms with Crippen molar-refractivity contribution in [3.8, 4) is 5.69 Å². The first kappa shape index (κ1) is 12.0. The molecule has 1 heterocycles. The van der Waals surface area contributed by atoms with Crippen LogP contribution in [0, 0.1) is 0 Å². The number of aromatic nitrogens is 2. The largest absolute Gasteiger partial charge is 0.233 e. The molecule has 0 atom stereocenters. The average Bonchev–Trinajstić information content (AvgIpc) is 2.81. The maximum absolute atomic E-state index is 4.51. The van der Waals surface area contributed by atoms with E-state index in [2.05, 4.69) is 56.2 Å². The Morgan fingerprint density at radius 2 is 1.68 bits per heavy atom. The van der Waals surface area contributed by atoms with Crippen molar-refractivity contribution in [3.63, 3.8) is 0 Å². The number of fused-ring (bicyclic) bond motifs is 1. The Morgan fingerprint density at radius 1 is 0.947 bits per heavy atom. The van der Waals surface area contributed by atoms with Gasteiger partial charge in [-0.05, 0) is 35.2 Å². The molecule has 0 radical (unpaired) electrons. The van der Waals surface area contributed by atoms with Gasteiger partial charge in [0.1, 0.15) is 0 Å². The fraction of sp³-hybridized carbons (Fsp3) is 0.235. The van der Waals surface area contributed by atoms with Gasteiger partial charge < -0.3 is 0 Å². The van der Waals surface area contributed by atoms with E-state index >= 15 is 0 Å². The van der Waals surface area contributed by atoms with Gasteiger partial charge in [0.25, 0.3) is 0 Å². The Hall–Kier alpha value is -2.09. The fourth-order valence-corrected chi connectivity index (χ4v) is 2.27. The number of benzene rings is 2. The molecule has 2 heteroatoms. The lowest BCUT2D eigenvalue weighted by Gasteiger charge is -2.18. The van der Waals surface area contributed by atoms with E-state index in [-0.39, 0.29) is 5.41 Å². The molecule has 3 aromatic rings. The number of rotatable bonds is 1. The van der Waals surface area contributed by atoms with Crippen LogP contribution in [0.4, 0.5) is 0 Å².